The molecule has 0 heterocycles. The maximum absolute atomic E-state index is 12.6. The van der Waals surface area contributed by atoms with Gasteiger partial charge in [0.25, 0.3) is 0 Å². The second-order valence-electron chi connectivity index (χ2n) is 2.01. The summed E-state index contributed by atoms with van der Waals surface area (Å²) in [6.45, 7) is 0. The van der Waals surface area contributed by atoms with Gasteiger partial charge in [-0.3, -0.25) is 0 Å². The van der Waals surface area contributed by atoms with E-state index in [4.69, 9.17) is 5.53 Å². The van der Waals surface area contributed by atoms with Gasteiger partial charge < -0.3 is 0 Å². The molecule has 0 saturated carbocycles. The molecule has 0 aliphatic heterocycles. The second kappa shape index (κ2) is 3.32. The summed E-state index contributed by atoms with van der Waals surface area (Å²) in [7, 11) is 0. The van der Waals surface area contributed by atoms with Crippen LogP contribution in [-0.2, 0) is 0 Å². The van der Waals surface area contributed by atoms with Crippen LogP contribution in [0.4, 0.5) is 23.2 Å². The van der Waals surface area contributed by atoms with E-state index in [1.54, 1.807) is 0 Å². The molecule has 0 atom stereocenters. The van der Waals surface area contributed by atoms with Crippen LogP contribution < -0.4 is 0 Å². The highest BCUT2D eigenvalue weighted by Gasteiger charge is 2.17. The third-order valence-electron chi connectivity index (χ3n) is 1.24. The minimum Gasteiger partial charge on any atom is -0.204 e. The number of rotatable bonds is 1. The number of azide groups is 1. The Kier molecular flexibility index (Phi) is 2.39. The molecule has 3 nitrogen and oxygen atoms in total. The van der Waals surface area contributed by atoms with E-state index in [2.05, 4.69) is 10.0 Å². The highest BCUT2D eigenvalue weighted by Crippen LogP contribution is 2.24. The zero-order chi connectivity index (χ0) is 10.0. The first-order chi connectivity index (χ1) is 6.07. The number of hydrogen-bond acceptors (Lipinski definition) is 1. The Morgan fingerprint density at radius 1 is 1.08 bits per heavy atom. The zero-order valence-corrected chi connectivity index (χ0v) is 5.93. The predicted molar refractivity (Wildman–Crippen MR) is 35.1 cm³/mol. The van der Waals surface area contributed by atoms with E-state index >= 15 is 0 Å². The molecule has 0 amide bonds. The first-order valence-corrected chi connectivity index (χ1v) is 2.96. The quantitative estimate of drug-likeness (QED) is 0.163. The molecule has 0 aromatic heterocycles. The van der Waals surface area contributed by atoms with Gasteiger partial charge in [0.1, 0.15) is 0 Å². The maximum atomic E-state index is 12.6. The number of hydrogen-bond donors (Lipinski definition) is 0. The van der Waals surface area contributed by atoms with Crippen molar-refractivity contribution in [2.24, 2.45) is 5.11 Å². The van der Waals surface area contributed by atoms with Crippen molar-refractivity contribution < 1.29 is 17.6 Å². The van der Waals surface area contributed by atoms with Gasteiger partial charge in [0.05, 0.1) is 5.69 Å². The lowest BCUT2D eigenvalue weighted by Crippen LogP contribution is -1.94. The van der Waals surface area contributed by atoms with Crippen molar-refractivity contribution in [3.05, 3.63) is 39.8 Å². The Hall–Kier alpha value is -1.75. The molecular formula is C6HF4N3. The average Bonchev–Trinajstić information content (AvgIpc) is 2.11. The molecule has 1 rings (SSSR count). The summed E-state index contributed by atoms with van der Waals surface area (Å²) >= 11 is 0. The zero-order valence-electron chi connectivity index (χ0n) is 5.93. The van der Waals surface area contributed by atoms with Crippen molar-refractivity contribution in [1.29, 1.82) is 0 Å². The first-order valence-electron chi connectivity index (χ1n) is 2.96. The van der Waals surface area contributed by atoms with Gasteiger partial charge in [0.2, 0.25) is 0 Å². The third-order valence-corrected chi connectivity index (χ3v) is 1.24. The molecule has 0 spiro atoms. The Labute approximate surface area is 69.2 Å². The summed E-state index contributed by atoms with van der Waals surface area (Å²) < 4.78 is 49.7. The molecule has 0 unspecified atom stereocenters. The maximum Gasteiger partial charge on any atom is 0.197 e. The van der Waals surface area contributed by atoms with Crippen molar-refractivity contribution in [1.82, 2.24) is 0 Å². The summed E-state index contributed by atoms with van der Waals surface area (Å²) in [6.07, 6.45) is 0. The number of benzene rings is 1. The van der Waals surface area contributed by atoms with Gasteiger partial charge >= 0.3 is 0 Å². The van der Waals surface area contributed by atoms with Crippen molar-refractivity contribution >= 4 is 5.69 Å². The topological polar surface area (TPSA) is 48.8 Å². The normalized spacial score (nSPS) is 9.54. The van der Waals surface area contributed by atoms with Crippen LogP contribution in [-0.4, -0.2) is 0 Å². The van der Waals surface area contributed by atoms with E-state index in [1.807, 2.05) is 0 Å². The standard InChI is InChI=1S/C6HF4N3/c7-2-1-3(12-13-11)5(9)6(10)4(2)8/h1H. The molecule has 1 aromatic rings. The Morgan fingerprint density at radius 3 is 2.23 bits per heavy atom. The van der Waals surface area contributed by atoms with Gasteiger partial charge in [-0.15, -0.1) is 0 Å². The lowest BCUT2D eigenvalue weighted by molar-refractivity contribution is 0.410. The average molecular weight is 191 g/mol. The van der Waals surface area contributed by atoms with Crippen molar-refractivity contribution in [3.63, 3.8) is 0 Å². The minimum absolute atomic E-state index is 0.271. The van der Waals surface area contributed by atoms with E-state index < -0.39 is 29.0 Å². The highest BCUT2D eigenvalue weighted by molar-refractivity contribution is 5.39. The molecule has 0 aliphatic rings. The van der Waals surface area contributed by atoms with Gasteiger partial charge in [0, 0.05) is 4.91 Å². The smallest absolute Gasteiger partial charge is 0.197 e. The van der Waals surface area contributed by atoms with Gasteiger partial charge in [-0.2, -0.15) is 0 Å². The third kappa shape index (κ3) is 1.54. The molecule has 68 valence electrons. The molecular weight excluding hydrogens is 190 g/mol. The molecule has 13 heavy (non-hydrogen) atoms. The monoisotopic (exact) mass is 191 g/mol. The van der Waals surface area contributed by atoms with Gasteiger partial charge in [-0.1, -0.05) is 5.11 Å². The Bertz CT molecular complexity index is 397. The molecule has 7 heteroatoms. The van der Waals surface area contributed by atoms with Crippen molar-refractivity contribution in [2.45, 2.75) is 0 Å². The van der Waals surface area contributed by atoms with Crippen LogP contribution in [0.1, 0.15) is 0 Å². The Morgan fingerprint density at radius 2 is 1.69 bits per heavy atom. The van der Waals surface area contributed by atoms with Crippen molar-refractivity contribution in [2.75, 3.05) is 0 Å². The molecule has 1 aromatic carbocycles. The molecule has 0 bridgehead atoms. The number of halogens is 4. The summed E-state index contributed by atoms with van der Waals surface area (Å²) in [5.74, 6) is -7.25. The predicted octanol–water partition coefficient (Wildman–Crippen LogP) is 3.18. The summed E-state index contributed by atoms with van der Waals surface area (Å²) in [4.78, 5) is 2.11. The van der Waals surface area contributed by atoms with E-state index in [-0.39, 0.29) is 6.07 Å². The van der Waals surface area contributed by atoms with Crippen LogP contribution in [0.5, 0.6) is 0 Å². The van der Waals surface area contributed by atoms with Crippen molar-refractivity contribution in [3.8, 4) is 0 Å². The summed E-state index contributed by atoms with van der Waals surface area (Å²) in [6, 6.07) is 0.271. The fourth-order valence-corrected chi connectivity index (χ4v) is 0.681. The van der Waals surface area contributed by atoms with Crippen LogP contribution in [0, 0.1) is 23.3 Å². The molecule has 0 aliphatic carbocycles. The van der Waals surface area contributed by atoms with Gasteiger partial charge in [-0.25, -0.2) is 17.6 Å². The van der Waals surface area contributed by atoms with Gasteiger partial charge in [-0.05, 0) is 11.6 Å². The second-order valence-corrected chi connectivity index (χ2v) is 2.01. The highest BCUT2D eigenvalue weighted by atomic mass is 19.2. The lowest BCUT2D eigenvalue weighted by Gasteiger charge is -1.99. The van der Waals surface area contributed by atoms with Crippen LogP contribution in [0.25, 0.3) is 10.4 Å². The molecule has 0 radical (unpaired) electrons. The van der Waals surface area contributed by atoms with E-state index in [1.165, 1.54) is 0 Å². The Balaban J connectivity index is 3.49. The molecule has 0 fully saturated rings. The van der Waals surface area contributed by atoms with Crippen LogP contribution in [0.2, 0.25) is 0 Å². The van der Waals surface area contributed by atoms with Crippen LogP contribution >= 0.6 is 0 Å². The summed E-state index contributed by atoms with van der Waals surface area (Å²) in [5.41, 5.74) is 6.93. The first kappa shape index (κ1) is 9.34. The van der Waals surface area contributed by atoms with Crippen LogP contribution in [0.3, 0.4) is 0 Å². The fraction of sp³-hybridized carbons (Fsp3) is 0. The largest absolute Gasteiger partial charge is 0.204 e. The summed E-state index contributed by atoms with van der Waals surface area (Å²) in [5, 5.41) is 2.63. The van der Waals surface area contributed by atoms with E-state index in [0.29, 0.717) is 0 Å². The van der Waals surface area contributed by atoms with E-state index in [0.717, 1.165) is 0 Å². The molecule has 0 N–H and O–H groups in total. The van der Waals surface area contributed by atoms with Gasteiger partial charge in [0.15, 0.2) is 23.3 Å². The number of nitrogens with zero attached hydrogens (tertiary/aromatic N) is 3. The van der Waals surface area contributed by atoms with E-state index in [9.17, 15) is 17.6 Å². The minimum atomic E-state index is -2.00. The fourth-order valence-electron chi connectivity index (χ4n) is 0.681. The lowest BCUT2D eigenvalue weighted by atomic mass is 10.3. The SMILES string of the molecule is [N-]=[N+]=Nc1cc(F)c(F)c(F)c1F. The van der Waals surface area contributed by atoms with Crippen LogP contribution in [0.15, 0.2) is 11.2 Å². The molecule has 0 saturated heterocycles.